The minimum absolute atomic E-state index is 0.00486. The van der Waals surface area contributed by atoms with Crippen LogP contribution >= 0.6 is 39.7 Å². The summed E-state index contributed by atoms with van der Waals surface area (Å²) in [4.78, 5) is 4.43. The highest BCUT2D eigenvalue weighted by atomic mass is 79.9. The number of aryl methyl sites for hydroxylation is 1. The summed E-state index contributed by atoms with van der Waals surface area (Å²) in [5.74, 6) is -0.0406. The summed E-state index contributed by atoms with van der Waals surface area (Å²) in [6.45, 7) is 1.78. The van der Waals surface area contributed by atoms with Crippen molar-refractivity contribution in [1.82, 2.24) is 4.98 Å². The molecule has 0 fully saturated rings. The van der Waals surface area contributed by atoms with Gasteiger partial charge in [0.2, 0.25) is 5.88 Å². The third-order valence-corrected chi connectivity index (χ3v) is 3.55. The molecule has 0 spiro atoms. The number of pyridine rings is 1. The van der Waals surface area contributed by atoms with E-state index in [1.165, 1.54) is 12.1 Å². The van der Waals surface area contributed by atoms with Crippen LogP contribution < -0.4 is 10.5 Å². The second-order valence-electron chi connectivity index (χ2n) is 4.00. The maximum atomic E-state index is 13.5. The number of thiocarbonyl (C=S) groups is 1. The lowest BCUT2D eigenvalue weighted by Gasteiger charge is -2.10. The largest absolute Gasteiger partial charge is 0.438 e. The van der Waals surface area contributed by atoms with E-state index in [1.807, 2.05) is 0 Å². The Morgan fingerprint density at radius 1 is 1.40 bits per heavy atom. The number of benzene rings is 1. The first-order valence-corrected chi connectivity index (χ1v) is 7.05. The summed E-state index contributed by atoms with van der Waals surface area (Å²) in [5, 5.41) is 0.00486. The maximum Gasteiger partial charge on any atom is 0.220 e. The Kier molecular flexibility index (Phi) is 4.57. The first-order valence-electron chi connectivity index (χ1n) is 5.47. The average Bonchev–Trinajstić information content (AvgIpc) is 2.35. The number of nitrogens with zero attached hydrogens (tertiary/aromatic N) is 1. The van der Waals surface area contributed by atoms with Crippen molar-refractivity contribution in [3.8, 4) is 11.6 Å². The van der Waals surface area contributed by atoms with Crippen molar-refractivity contribution in [1.29, 1.82) is 0 Å². The molecule has 0 unspecified atom stereocenters. The van der Waals surface area contributed by atoms with Gasteiger partial charge in [0.1, 0.15) is 16.6 Å². The molecule has 0 radical (unpaired) electrons. The Bertz CT molecular complexity index is 696. The summed E-state index contributed by atoms with van der Waals surface area (Å²) < 4.78 is 19.5. The second kappa shape index (κ2) is 6.03. The molecule has 7 heteroatoms. The van der Waals surface area contributed by atoms with Crippen molar-refractivity contribution in [3.63, 3.8) is 0 Å². The molecular formula is C13H9BrClFN2OS. The Morgan fingerprint density at radius 3 is 2.75 bits per heavy atom. The van der Waals surface area contributed by atoms with Gasteiger partial charge >= 0.3 is 0 Å². The predicted molar refractivity (Wildman–Crippen MR) is 84.0 cm³/mol. The quantitative estimate of drug-likeness (QED) is 0.639. The molecule has 1 aromatic heterocycles. The van der Waals surface area contributed by atoms with E-state index >= 15 is 0 Å². The van der Waals surface area contributed by atoms with Crippen molar-refractivity contribution in [2.45, 2.75) is 6.92 Å². The molecule has 3 nitrogen and oxygen atoms in total. The highest BCUT2D eigenvalue weighted by Gasteiger charge is 2.11. The van der Waals surface area contributed by atoms with E-state index in [2.05, 4.69) is 20.9 Å². The van der Waals surface area contributed by atoms with Gasteiger partial charge in [0.25, 0.3) is 0 Å². The van der Waals surface area contributed by atoms with E-state index < -0.39 is 5.82 Å². The van der Waals surface area contributed by atoms with E-state index in [9.17, 15) is 4.39 Å². The smallest absolute Gasteiger partial charge is 0.220 e. The van der Waals surface area contributed by atoms with Gasteiger partial charge in [-0.05, 0) is 35.0 Å². The van der Waals surface area contributed by atoms with Crippen LogP contribution in [0, 0.1) is 12.7 Å². The highest BCUT2D eigenvalue weighted by molar-refractivity contribution is 9.10. The van der Waals surface area contributed by atoms with Gasteiger partial charge < -0.3 is 10.5 Å². The molecule has 2 aromatic rings. The van der Waals surface area contributed by atoms with Crippen LogP contribution in [-0.2, 0) is 0 Å². The monoisotopic (exact) mass is 374 g/mol. The van der Waals surface area contributed by atoms with Gasteiger partial charge in [-0.15, -0.1) is 0 Å². The maximum absolute atomic E-state index is 13.5. The predicted octanol–water partition coefficient (Wildman–Crippen LogP) is 4.37. The first-order chi connectivity index (χ1) is 9.36. The van der Waals surface area contributed by atoms with Gasteiger partial charge in [-0.2, -0.15) is 0 Å². The normalized spacial score (nSPS) is 10.4. The van der Waals surface area contributed by atoms with Crippen LogP contribution in [0.5, 0.6) is 11.6 Å². The Morgan fingerprint density at radius 2 is 2.10 bits per heavy atom. The summed E-state index contributed by atoms with van der Waals surface area (Å²) in [6, 6.07) is 5.92. The van der Waals surface area contributed by atoms with Crippen LogP contribution in [0.3, 0.4) is 0 Å². The van der Waals surface area contributed by atoms with Gasteiger partial charge in [0.05, 0.1) is 9.50 Å². The van der Waals surface area contributed by atoms with Crippen molar-refractivity contribution in [2.75, 3.05) is 0 Å². The third-order valence-electron chi connectivity index (χ3n) is 2.40. The fraction of sp³-hybridized carbons (Fsp3) is 0.0769. The lowest BCUT2D eigenvalue weighted by molar-refractivity contribution is 0.454. The molecule has 0 aliphatic rings. The van der Waals surface area contributed by atoms with Gasteiger partial charge in [-0.25, -0.2) is 9.37 Å². The summed E-state index contributed by atoms with van der Waals surface area (Å²) in [5.41, 5.74) is 6.90. The van der Waals surface area contributed by atoms with Gasteiger partial charge in [0, 0.05) is 23.4 Å². The number of ether oxygens (including phenoxy) is 1. The molecule has 0 atom stereocenters. The van der Waals surface area contributed by atoms with E-state index in [4.69, 9.17) is 34.3 Å². The molecule has 0 aliphatic carbocycles. The van der Waals surface area contributed by atoms with E-state index in [0.717, 1.165) is 0 Å². The van der Waals surface area contributed by atoms with Crippen molar-refractivity contribution in [3.05, 3.63) is 50.8 Å². The van der Waals surface area contributed by atoms with Crippen molar-refractivity contribution in [2.24, 2.45) is 5.73 Å². The third kappa shape index (κ3) is 3.45. The van der Waals surface area contributed by atoms with Crippen LogP contribution in [0.4, 0.5) is 4.39 Å². The number of nitrogens with two attached hydrogens (primary N) is 1. The zero-order chi connectivity index (χ0) is 14.9. The van der Waals surface area contributed by atoms with Crippen LogP contribution in [0.25, 0.3) is 0 Å². The number of rotatable bonds is 3. The molecule has 0 aliphatic heterocycles. The molecule has 1 aromatic carbocycles. The highest BCUT2D eigenvalue weighted by Crippen LogP contribution is 2.33. The zero-order valence-corrected chi connectivity index (χ0v) is 13.4. The lowest BCUT2D eigenvalue weighted by Crippen LogP contribution is -2.10. The summed E-state index contributed by atoms with van der Waals surface area (Å²) in [7, 11) is 0. The SMILES string of the molecule is Cc1cc(C(N)=S)cc(Oc2cc(F)c(Cl)cc2Br)n1. The van der Waals surface area contributed by atoms with Crippen molar-refractivity contribution < 1.29 is 9.13 Å². The Balaban J connectivity index is 2.40. The molecule has 0 bridgehead atoms. The van der Waals surface area contributed by atoms with Crippen LogP contribution in [0.2, 0.25) is 5.02 Å². The molecule has 1 heterocycles. The zero-order valence-electron chi connectivity index (χ0n) is 10.3. The number of hydrogen-bond acceptors (Lipinski definition) is 3. The van der Waals surface area contributed by atoms with Gasteiger partial charge in [-0.1, -0.05) is 23.8 Å². The number of hydrogen-bond donors (Lipinski definition) is 1. The minimum Gasteiger partial charge on any atom is -0.438 e. The van der Waals surface area contributed by atoms with Gasteiger partial charge in [-0.3, -0.25) is 0 Å². The minimum atomic E-state index is -0.577. The van der Waals surface area contributed by atoms with Gasteiger partial charge in [0.15, 0.2) is 0 Å². The summed E-state index contributed by atoms with van der Waals surface area (Å²) in [6.07, 6.45) is 0. The number of aromatic nitrogens is 1. The molecule has 2 N–H and O–H groups in total. The van der Waals surface area contributed by atoms with Crippen molar-refractivity contribution >= 4 is 44.7 Å². The first kappa shape index (κ1) is 15.2. The topological polar surface area (TPSA) is 48.1 Å². The van der Waals surface area contributed by atoms with E-state index in [0.29, 0.717) is 15.7 Å². The number of halogens is 3. The molecule has 0 saturated carbocycles. The van der Waals surface area contributed by atoms with Crippen LogP contribution in [0.15, 0.2) is 28.7 Å². The molecular weight excluding hydrogens is 367 g/mol. The molecule has 0 saturated heterocycles. The molecule has 2 rings (SSSR count). The van der Waals surface area contributed by atoms with E-state index in [-0.39, 0.29) is 21.6 Å². The fourth-order valence-corrected chi connectivity index (χ4v) is 2.37. The van der Waals surface area contributed by atoms with Crippen LogP contribution in [-0.4, -0.2) is 9.97 Å². The Hall–Kier alpha value is -1.24. The fourth-order valence-electron chi connectivity index (χ4n) is 1.53. The Labute approximate surface area is 134 Å². The average molecular weight is 376 g/mol. The summed E-state index contributed by atoms with van der Waals surface area (Å²) >= 11 is 13.8. The lowest BCUT2D eigenvalue weighted by atomic mass is 10.2. The molecule has 20 heavy (non-hydrogen) atoms. The molecule has 0 amide bonds. The standard InChI is InChI=1S/C13H9BrClFN2OS/c1-6-2-7(13(17)20)3-12(18-6)19-11-5-10(16)9(15)4-8(11)14/h2-5H,1H3,(H2,17,20). The van der Waals surface area contributed by atoms with Crippen LogP contribution in [0.1, 0.15) is 11.3 Å². The van der Waals surface area contributed by atoms with E-state index in [1.54, 1.807) is 19.1 Å². The molecule has 104 valence electrons. The second-order valence-corrected chi connectivity index (χ2v) is 5.70.